The molecule has 2 aromatic rings. The lowest BCUT2D eigenvalue weighted by Crippen LogP contribution is -2.27. The van der Waals surface area contributed by atoms with E-state index in [9.17, 15) is 13.2 Å². The van der Waals surface area contributed by atoms with Crippen LogP contribution in [-0.2, 0) is 6.18 Å². The first kappa shape index (κ1) is 16.7. The summed E-state index contributed by atoms with van der Waals surface area (Å²) in [5.41, 5.74) is 0.416. The van der Waals surface area contributed by atoms with Crippen LogP contribution in [0.4, 0.5) is 19.1 Å². The van der Waals surface area contributed by atoms with E-state index in [1.807, 2.05) is 18.2 Å². The molecule has 128 valence electrons. The smallest absolute Gasteiger partial charge is 0.353 e. The van der Waals surface area contributed by atoms with Crippen LogP contribution in [0.3, 0.4) is 0 Å². The van der Waals surface area contributed by atoms with Gasteiger partial charge in [-0.25, -0.2) is 9.97 Å². The van der Waals surface area contributed by atoms with E-state index in [2.05, 4.69) is 32.3 Å². The number of nitrogens with one attached hydrogen (secondary N) is 1. The Morgan fingerprint density at radius 1 is 1.17 bits per heavy atom. The van der Waals surface area contributed by atoms with Crippen LogP contribution in [0.25, 0.3) is 0 Å². The molecule has 0 spiro atoms. The van der Waals surface area contributed by atoms with E-state index < -0.39 is 11.9 Å². The molecule has 3 rings (SSSR count). The second kappa shape index (κ2) is 7.17. The van der Waals surface area contributed by atoms with Gasteiger partial charge in [0.15, 0.2) is 0 Å². The summed E-state index contributed by atoms with van der Waals surface area (Å²) in [6.45, 7) is 3.23. The maximum absolute atomic E-state index is 12.6. The van der Waals surface area contributed by atoms with Crippen molar-refractivity contribution >= 4 is 5.95 Å². The molecule has 0 amide bonds. The molecule has 1 atom stereocenters. The zero-order chi connectivity index (χ0) is 17.0. The molecule has 4 nitrogen and oxygen atoms in total. The van der Waals surface area contributed by atoms with E-state index in [0.29, 0.717) is 12.5 Å². The van der Waals surface area contributed by atoms with Gasteiger partial charge in [-0.15, -0.1) is 0 Å². The molecule has 2 heterocycles. The van der Waals surface area contributed by atoms with Gasteiger partial charge in [0, 0.05) is 25.8 Å². The monoisotopic (exact) mass is 336 g/mol. The molecule has 1 fully saturated rings. The van der Waals surface area contributed by atoms with Gasteiger partial charge in [0.05, 0.1) is 0 Å². The molecule has 1 N–H and O–H groups in total. The van der Waals surface area contributed by atoms with Gasteiger partial charge in [-0.2, -0.15) is 13.2 Å². The van der Waals surface area contributed by atoms with Crippen LogP contribution in [0.5, 0.6) is 0 Å². The first-order chi connectivity index (χ1) is 11.5. The first-order valence-electron chi connectivity index (χ1n) is 7.94. The predicted molar refractivity (Wildman–Crippen MR) is 85.8 cm³/mol. The van der Waals surface area contributed by atoms with E-state index in [1.165, 1.54) is 5.56 Å². The lowest BCUT2D eigenvalue weighted by Gasteiger charge is -2.16. The molecule has 24 heavy (non-hydrogen) atoms. The van der Waals surface area contributed by atoms with Crippen LogP contribution in [0.15, 0.2) is 42.6 Å². The van der Waals surface area contributed by atoms with Crippen molar-refractivity contribution < 1.29 is 13.2 Å². The number of benzene rings is 1. The van der Waals surface area contributed by atoms with E-state index in [1.54, 1.807) is 0 Å². The Bertz CT molecular complexity index is 660. The summed E-state index contributed by atoms with van der Waals surface area (Å²) in [7, 11) is 0. The van der Waals surface area contributed by atoms with E-state index in [4.69, 9.17) is 0 Å². The molecule has 0 bridgehead atoms. The Balaban J connectivity index is 1.48. The third-order valence-corrected chi connectivity index (χ3v) is 4.20. The van der Waals surface area contributed by atoms with Gasteiger partial charge < -0.3 is 10.2 Å². The third-order valence-electron chi connectivity index (χ3n) is 4.20. The summed E-state index contributed by atoms with van der Waals surface area (Å²) in [6.07, 6.45) is -2.22. The Morgan fingerprint density at radius 2 is 1.96 bits per heavy atom. The molecule has 1 aromatic carbocycles. The molecule has 0 saturated carbocycles. The van der Waals surface area contributed by atoms with E-state index in [0.717, 1.165) is 38.3 Å². The van der Waals surface area contributed by atoms with Crippen LogP contribution >= 0.6 is 0 Å². The number of rotatable bonds is 5. The summed E-state index contributed by atoms with van der Waals surface area (Å²) in [4.78, 5) is 9.65. The molecule has 0 radical (unpaired) electrons. The van der Waals surface area contributed by atoms with Crippen molar-refractivity contribution in [2.75, 3.05) is 31.5 Å². The lowest BCUT2D eigenvalue weighted by atomic mass is 9.99. The zero-order valence-corrected chi connectivity index (χ0v) is 13.1. The minimum Gasteiger partial charge on any atom is -0.353 e. The predicted octanol–water partition coefficient (Wildman–Crippen LogP) is 3.40. The van der Waals surface area contributed by atoms with Gasteiger partial charge in [0.2, 0.25) is 5.95 Å². The average molecular weight is 336 g/mol. The van der Waals surface area contributed by atoms with Crippen LogP contribution in [0, 0.1) is 0 Å². The van der Waals surface area contributed by atoms with Crippen LogP contribution in [0.2, 0.25) is 0 Å². The van der Waals surface area contributed by atoms with Gasteiger partial charge >= 0.3 is 6.18 Å². The SMILES string of the molecule is FC(F)(F)c1ccnc(NCCN2CC[C@H](c3ccccc3)C2)n1. The fourth-order valence-corrected chi connectivity index (χ4v) is 2.96. The van der Waals surface area contributed by atoms with E-state index >= 15 is 0 Å². The third kappa shape index (κ3) is 4.23. The summed E-state index contributed by atoms with van der Waals surface area (Å²) in [5.74, 6) is 0.541. The van der Waals surface area contributed by atoms with Crippen molar-refractivity contribution in [2.24, 2.45) is 0 Å². The van der Waals surface area contributed by atoms with E-state index in [-0.39, 0.29) is 5.95 Å². The molecule has 7 heteroatoms. The Labute approximate surface area is 138 Å². The highest BCUT2D eigenvalue weighted by atomic mass is 19.4. The number of hydrogen-bond donors (Lipinski definition) is 1. The Morgan fingerprint density at radius 3 is 2.71 bits per heavy atom. The quantitative estimate of drug-likeness (QED) is 0.909. The number of hydrogen-bond acceptors (Lipinski definition) is 4. The van der Waals surface area contributed by atoms with Crippen molar-refractivity contribution in [3.8, 4) is 0 Å². The number of anilines is 1. The fraction of sp³-hybridized carbons (Fsp3) is 0.412. The van der Waals surface area contributed by atoms with Crippen LogP contribution < -0.4 is 5.32 Å². The average Bonchev–Trinajstić information content (AvgIpc) is 3.04. The Kier molecular flexibility index (Phi) is 4.99. The van der Waals surface area contributed by atoms with Gasteiger partial charge in [0.25, 0.3) is 0 Å². The summed E-state index contributed by atoms with van der Waals surface area (Å²) in [5, 5.41) is 2.87. The van der Waals surface area contributed by atoms with Gasteiger partial charge in [-0.3, -0.25) is 0 Å². The molecule has 0 aliphatic carbocycles. The van der Waals surface area contributed by atoms with Crippen LogP contribution in [-0.4, -0.2) is 41.0 Å². The molecule has 1 aliphatic heterocycles. The topological polar surface area (TPSA) is 41.1 Å². The second-order valence-electron chi connectivity index (χ2n) is 5.89. The summed E-state index contributed by atoms with van der Waals surface area (Å²) < 4.78 is 37.8. The summed E-state index contributed by atoms with van der Waals surface area (Å²) in [6, 6.07) is 11.3. The second-order valence-corrected chi connectivity index (χ2v) is 5.89. The van der Waals surface area contributed by atoms with Crippen molar-refractivity contribution in [1.29, 1.82) is 0 Å². The lowest BCUT2D eigenvalue weighted by molar-refractivity contribution is -0.141. The summed E-state index contributed by atoms with van der Waals surface area (Å²) >= 11 is 0. The molecule has 1 saturated heterocycles. The highest BCUT2D eigenvalue weighted by Crippen LogP contribution is 2.28. The minimum atomic E-state index is -4.45. The number of halogens is 3. The van der Waals surface area contributed by atoms with Crippen LogP contribution in [0.1, 0.15) is 23.6 Å². The van der Waals surface area contributed by atoms with Crippen molar-refractivity contribution in [3.05, 3.63) is 53.9 Å². The highest BCUT2D eigenvalue weighted by molar-refractivity contribution is 5.26. The number of nitrogens with zero attached hydrogens (tertiary/aromatic N) is 3. The van der Waals surface area contributed by atoms with Gasteiger partial charge in [-0.05, 0) is 30.5 Å². The maximum atomic E-state index is 12.6. The highest BCUT2D eigenvalue weighted by Gasteiger charge is 2.32. The van der Waals surface area contributed by atoms with Gasteiger partial charge in [-0.1, -0.05) is 30.3 Å². The largest absolute Gasteiger partial charge is 0.433 e. The molecular weight excluding hydrogens is 317 g/mol. The minimum absolute atomic E-state index is 0.0173. The normalized spacial score (nSPS) is 18.7. The number of alkyl halides is 3. The van der Waals surface area contributed by atoms with Gasteiger partial charge in [0.1, 0.15) is 5.69 Å². The maximum Gasteiger partial charge on any atom is 0.433 e. The van der Waals surface area contributed by atoms with Crippen molar-refractivity contribution in [3.63, 3.8) is 0 Å². The molecular formula is C17H19F3N4. The van der Waals surface area contributed by atoms with Crippen molar-refractivity contribution in [2.45, 2.75) is 18.5 Å². The number of aromatic nitrogens is 2. The zero-order valence-electron chi connectivity index (χ0n) is 13.1. The fourth-order valence-electron chi connectivity index (χ4n) is 2.96. The van der Waals surface area contributed by atoms with Crippen molar-refractivity contribution in [1.82, 2.24) is 14.9 Å². The Hall–Kier alpha value is -2.15. The molecule has 0 unspecified atom stereocenters. The standard InChI is InChI=1S/C17H19F3N4/c18-17(19,20)15-6-8-21-16(23-15)22-9-11-24-10-7-14(12-24)13-4-2-1-3-5-13/h1-6,8,14H,7,9-12H2,(H,21,22,23)/t14-/m0/s1. The molecule has 1 aromatic heterocycles. The first-order valence-corrected chi connectivity index (χ1v) is 7.94. The number of likely N-dealkylation sites (tertiary alicyclic amines) is 1. The molecule has 1 aliphatic rings.